The monoisotopic (exact) mass is 383 g/mol. The third-order valence-corrected chi connectivity index (χ3v) is 4.75. The van der Waals surface area contributed by atoms with Crippen LogP contribution in [0, 0.1) is 20.8 Å². The molecule has 1 amide bonds. The van der Waals surface area contributed by atoms with E-state index in [2.05, 4.69) is 15.5 Å². The fourth-order valence-electron chi connectivity index (χ4n) is 3.07. The van der Waals surface area contributed by atoms with Crippen molar-refractivity contribution in [1.82, 2.24) is 10.2 Å². The molecule has 3 aromatic carbocycles. The number of nitrogens with one attached hydrogen (secondary N) is 1. The fourth-order valence-corrected chi connectivity index (χ4v) is 3.07. The average Bonchev–Trinajstić information content (AvgIpc) is 3.21. The van der Waals surface area contributed by atoms with Crippen molar-refractivity contribution in [3.8, 4) is 22.9 Å². The lowest BCUT2D eigenvalue weighted by atomic mass is 10.1. The molecule has 0 radical (unpaired) electrons. The Kier molecular flexibility index (Phi) is 4.96. The van der Waals surface area contributed by atoms with E-state index in [1.165, 1.54) is 5.56 Å². The van der Waals surface area contributed by atoms with Crippen LogP contribution in [0.4, 0.5) is 5.69 Å². The van der Waals surface area contributed by atoms with Crippen LogP contribution in [-0.2, 0) is 0 Å². The number of benzene rings is 3. The SMILES string of the molecule is Cc1ccc(-c2nnc(-c3ccc(C(=O)Nc4ccc(C)cc4C)cc3)o2)cc1. The minimum absolute atomic E-state index is 0.158. The number of aryl methyl sites for hydroxylation is 3. The summed E-state index contributed by atoms with van der Waals surface area (Å²) in [5.74, 6) is 0.730. The Balaban J connectivity index is 1.50. The molecule has 0 fully saturated rings. The highest BCUT2D eigenvalue weighted by Gasteiger charge is 2.12. The highest BCUT2D eigenvalue weighted by atomic mass is 16.4. The minimum atomic E-state index is -0.158. The Morgan fingerprint density at radius 2 is 1.31 bits per heavy atom. The highest BCUT2D eigenvalue weighted by Crippen LogP contribution is 2.25. The highest BCUT2D eigenvalue weighted by molar-refractivity contribution is 6.04. The first-order chi connectivity index (χ1) is 14.0. The minimum Gasteiger partial charge on any atom is -0.416 e. The van der Waals surface area contributed by atoms with E-state index >= 15 is 0 Å². The zero-order chi connectivity index (χ0) is 20.4. The van der Waals surface area contributed by atoms with Gasteiger partial charge in [0.15, 0.2) is 0 Å². The topological polar surface area (TPSA) is 68.0 Å². The maximum absolute atomic E-state index is 12.6. The van der Waals surface area contributed by atoms with E-state index in [4.69, 9.17) is 4.42 Å². The van der Waals surface area contributed by atoms with Crippen LogP contribution in [0.1, 0.15) is 27.0 Å². The predicted molar refractivity (Wildman–Crippen MR) is 114 cm³/mol. The fraction of sp³-hybridized carbons (Fsp3) is 0.125. The van der Waals surface area contributed by atoms with Crippen molar-refractivity contribution >= 4 is 11.6 Å². The van der Waals surface area contributed by atoms with Crippen LogP contribution >= 0.6 is 0 Å². The van der Waals surface area contributed by atoms with E-state index < -0.39 is 0 Å². The van der Waals surface area contributed by atoms with E-state index in [-0.39, 0.29) is 5.91 Å². The number of aromatic nitrogens is 2. The lowest BCUT2D eigenvalue weighted by Crippen LogP contribution is -2.12. The maximum Gasteiger partial charge on any atom is 0.255 e. The predicted octanol–water partition coefficient (Wildman–Crippen LogP) is 5.58. The van der Waals surface area contributed by atoms with E-state index in [1.807, 2.05) is 75.4 Å². The zero-order valence-corrected chi connectivity index (χ0v) is 16.6. The standard InChI is InChI=1S/C24H21N3O2/c1-15-4-7-19(8-5-15)23-26-27-24(29-23)20-11-9-18(10-12-20)22(28)25-21-13-6-16(2)14-17(21)3/h4-14H,1-3H3,(H,25,28). The van der Waals surface area contributed by atoms with Gasteiger partial charge in [-0.15, -0.1) is 10.2 Å². The van der Waals surface area contributed by atoms with Gasteiger partial charge in [-0.1, -0.05) is 35.4 Å². The molecular formula is C24H21N3O2. The molecule has 0 aliphatic heterocycles. The third-order valence-electron chi connectivity index (χ3n) is 4.75. The molecule has 0 saturated carbocycles. The molecule has 0 saturated heterocycles. The number of rotatable bonds is 4. The summed E-state index contributed by atoms with van der Waals surface area (Å²) in [5.41, 5.74) is 6.37. The number of amides is 1. The lowest BCUT2D eigenvalue weighted by molar-refractivity contribution is 0.102. The van der Waals surface area contributed by atoms with Crippen molar-refractivity contribution in [2.75, 3.05) is 5.32 Å². The molecule has 0 unspecified atom stereocenters. The second-order valence-electron chi connectivity index (χ2n) is 7.13. The number of nitrogens with zero attached hydrogens (tertiary/aromatic N) is 2. The second-order valence-corrected chi connectivity index (χ2v) is 7.13. The van der Waals surface area contributed by atoms with Gasteiger partial charge >= 0.3 is 0 Å². The molecular weight excluding hydrogens is 362 g/mol. The van der Waals surface area contributed by atoms with Gasteiger partial charge < -0.3 is 9.73 Å². The third kappa shape index (κ3) is 4.09. The molecule has 29 heavy (non-hydrogen) atoms. The molecule has 5 nitrogen and oxygen atoms in total. The van der Waals surface area contributed by atoms with Crippen LogP contribution in [0.3, 0.4) is 0 Å². The van der Waals surface area contributed by atoms with E-state index in [0.29, 0.717) is 17.3 Å². The van der Waals surface area contributed by atoms with Gasteiger partial charge in [0, 0.05) is 22.4 Å². The van der Waals surface area contributed by atoms with E-state index in [1.54, 1.807) is 12.1 Å². The molecule has 0 bridgehead atoms. The summed E-state index contributed by atoms with van der Waals surface area (Å²) in [7, 11) is 0. The van der Waals surface area contributed by atoms with Crippen LogP contribution in [0.5, 0.6) is 0 Å². The van der Waals surface area contributed by atoms with Gasteiger partial charge in [0.1, 0.15) is 0 Å². The summed E-state index contributed by atoms with van der Waals surface area (Å²) in [6.45, 7) is 6.03. The van der Waals surface area contributed by atoms with Gasteiger partial charge in [0.25, 0.3) is 5.91 Å². The first-order valence-electron chi connectivity index (χ1n) is 9.39. The normalized spacial score (nSPS) is 10.7. The molecule has 5 heteroatoms. The number of hydrogen-bond acceptors (Lipinski definition) is 4. The number of carbonyl (C=O) groups excluding carboxylic acids is 1. The smallest absolute Gasteiger partial charge is 0.255 e. The van der Waals surface area contributed by atoms with Crippen LogP contribution in [0.25, 0.3) is 22.9 Å². The largest absolute Gasteiger partial charge is 0.416 e. The van der Waals surface area contributed by atoms with Crippen molar-refractivity contribution in [2.24, 2.45) is 0 Å². The molecule has 4 rings (SSSR count). The van der Waals surface area contributed by atoms with Crippen LogP contribution in [-0.4, -0.2) is 16.1 Å². The quantitative estimate of drug-likeness (QED) is 0.499. The average molecular weight is 383 g/mol. The van der Waals surface area contributed by atoms with E-state index in [0.717, 1.165) is 27.9 Å². The molecule has 0 aliphatic carbocycles. The van der Waals surface area contributed by atoms with Crippen molar-refractivity contribution in [3.63, 3.8) is 0 Å². The van der Waals surface area contributed by atoms with Crippen molar-refractivity contribution in [2.45, 2.75) is 20.8 Å². The molecule has 4 aromatic rings. The Hall–Kier alpha value is -3.73. The first-order valence-corrected chi connectivity index (χ1v) is 9.39. The van der Waals surface area contributed by atoms with Crippen molar-refractivity contribution < 1.29 is 9.21 Å². The Labute approximate surface area is 169 Å². The molecule has 0 aliphatic rings. The summed E-state index contributed by atoms with van der Waals surface area (Å²) in [5, 5.41) is 11.2. The zero-order valence-electron chi connectivity index (χ0n) is 16.6. The van der Waals surface area contributed by atoms with Gasteiger partial charge in [-0.2, -0.15) is 0 Å². The Bertz CT molecular complexity index is 1160. The summed E-state index contributed by atoms with van der Waals surface area (Å²) in [6, 6.07) is 21.0. The van der Waals surface area contributed by atoms with Gasteiger partial charge in [0.05, 0.1) is 0 Å². The van der Waals surface area contributed by atoms with Crippen LogP contribution in [0.2, 0.25) is 0 Å². The van der Waals surface area contributed by atoms with E-state index in [9.17, 15) is 4.79 Å². The van der Waals surface area contributed by atoms with Crippen LogP contribution in [0.15, 0.2) is 71.1 Å². The first kappa shape index (κ1) is 18.6. The maximum atomic E-state index is 12.6. The van der Waals surface area contributed by atoms with Crippen LogP contribution < -0.4 is 5.32 Å². The van der Waals surface area contributed by atoms with Crippen molar-refractivity contribution in [1.29, 1.82) is 0 Å². The van der Waals surface area contributed by atoms with Crippen molar-refractivity contribution in [3.05, 3.63) is 89.0 Å². The Morgan fingerprint density at radius 1 is 0.759 bits per heavy atom. The van der Waals surface area contributed by atoms with Gasteiger partial charge in [-0.25, -0.2) is 0 Å². The van der Waals surface area contributed by atoms with Gasteiger partial charge in [-0.3, -0.25) is 4.79 Å². The summed E-state index contributed by atoms with van der Waals surface area (Å²) in [4.78, 5) is 12.6. The Morgan fingerprint density at radius 3 is 1.90 bits per heavy atom. The van der Waals surface area contributed by atoms with Gasteiger partial charge in [0.2, 0.25) is 11.8 Å². The number of carbonyl (C=O) groups is 1. The summed E-state index contributed by atoms with van der Waals surface area (Å²) >= 11 is 0. The lowest BCUT2D eigenvalue weighted by Gasteiger charge is -2.09. The molecule has 0 atom stereocenters. The number of anilines is 1. The second kappa shape index (κ2) is 7.72. The molecule has 0 spiro atoms. The molecule has 1 N–H and O–H groups in total. The summed E-state index contributed by atoms with van der Waals surface area (Å²) in [6.07, 6.45) is 0. The molecule has 1 heterocycles. The number of hydrogen-bond donors (Lipinski definition) is 1. The summed E-state index contributed by atoms with van der Waals surface area (Å²) < 4.78 is 5.80. The van der Waals surface area contributed by atoms with Gasteiger partial charge in [-0.05, 0) is 68.8 Å². The molecule has 144 valence electrons. The molecule has 1 aromatic heterocycles.